The molecule has 1 amide bonds. The molecule has 0 N–H and O–H groups in total. The molecule has 0 saturated carbocycles. The lowest BCUT2D eigenvalue weighted by Crippen LogP contribution is -2.47. The van der Waals surface area contributed by atoms with Crippen LogP contribution in [0.15, 0.2) is 59.5 Å². The topological polar surface area (TPSA) is 101 Å². The first-order valence-electron chi connectivity index (χ1n) is 11.5. The molecule has 1 fully saturated rings. The van der Waals surface area contributed by atoms with Gasteiger partial charge in [0, 0.05) is 31.0 Å². The average Bonchev–Trinajstić information content (AvgIpc) is 3.32. The van der Waals surface area contributed by atoms with Crippen LogP contribution in [0.3, 0.4) is 0 Å². The van der Waals surface area contributed by atoms with E-state index in [1.165, 1.54) is 6.26 Å². The van der Waals surface area contributed by atoms with Gasteiger partial charge < -0.3 is 4.90 Å². The molecule has 34 heavy (non-hydrogen) atoms. The summed E-state index contributed by atoms with van der Waals surface area (Å²) in [6.45, 7) is 5.06. The smallest absolute Gasteiger partial charge is 0.253 e. The van der Waals surface area contributed by atoms with Crippen molar-refractivity contribution in [1.82, 2.24) is 30.0 Å². The molecule has 10 heteroatoms. The quantitative estimate of drug-likeness (QED) is 0.486. The summed E-state index contributed by atoms with van der Waals surface area (Å²) in [5.41, 5.74) is 1.44. The van der Waals surface area contributed by atoms with Crippen LogP contribution in [0, 0.1) is 0 Å². The number of hydrogen-bond acceptors (Lipinski definition) is 7. The molecular formula is C24H30N6O3S. The molecule has 9 nitrogen and oxygen atoms in total. The summed E-state index contributed by atoms with van der Waals surface area (Å²) in [6.07, 6.45) is 3.96. The molecule has 0 aliphatic carbocycles. The van der Waals surface area contributed by atoms with Gasteiger partial charge in [-0.05, 0) is 72.6 Å². The minimum Gasteiger partial charge on any atom is -0.339 e. The predicted molar refractivity (Wildman–Crippen MR) is 128 cm³/mol. The van der Waals surface area contributed by atoms with Crippen molar-refractivity contribution in [3.8, 4) is 5.69 Å². The van der Waals surface area contributed by atoms with E-state index in [4.69, 9.17) is 0 Å². The highest BCUT2D eigenvalue weighted by Crippen LogP contribution is 2.21. The fraction of sp³-hybridized carbons (Fsp3) is 0.417. The van der Waals surface area contributed by atoms with Gasteiger partial charge in [0.25, 0.3) is 5.91 Å². The second kappa shape index (κ2) is 10.4. The number of aromatic nitrogens is 4. The number of sulfone groups is 1. The summed E-state index contributed by atoms with van der Waals surface area (Å²) in [6, 6.07) is 16.3. The predicted octanol–water partition coefficient (Wildman–Crippen LogP) is 2.58. The van der Waals surface area contributed by atoms with Crippen LogP contribution in [0.5, 0.6) is 0 Å². The van der Waals surface area contributed by atoms with E-state index in [2.05, 4.69) is 27.3 Å². The molecule has 0 radical (unpaired) electrons. The summed E-state index contributed by atoms with van der Waals surface area (Å²) in [7, 11) is -3.26. The summed E-state index contributed by atoms with van der Waals surface area (Å²) in [5, 5.41) is 12.2. The highest BCUT2D eigenvalue weighted by atomic mass is 32.2. The molecule has 0 atom stereocenters. The van der Waals surface area contributed by atoms with Crippen LogP contribution in [-0.4, -0.2) is 76.3 Å². The fourth-order valence-electron chi connectivity index (χ4n) is 4.40. The Morgan fingerprint density at radius 2 is 1.74 bits per heavy atom. The average molecular weight is 483 g/mol. The van der Waals surface area contributed by atoms with Crippen molar-refractivity contribution < 1.29 is 13.2 Å². The Balaban J connectivity index is 1.44. The first-order chi connectivity index (χ1) is 16.4. The van der Waals surface area contributed by atoms with Crippen molar-refractivity contribution in [1.29, 1.82) is 0 Å². The first kappa shape index (κ1) is 24.0. The zero-order chi connectivity index (χ0) is 24.1. The monoisotopic (exact) mass is 482 g/mol. The van der Waals surface area contributed by atoms with Crippen LogP contribution in [0.2, 0.25) is 0 Å². The first-order valence-corrected chi connectivity index (χ1v) is 13.4. The maximum atomic E-state index is 12.8. The molecule has 180 valence electrons. The number of carbonyl (C=O) groups excluding carboxylic acids is 1. The third kappa shape index (κ3) is 5.51. The number of rotatable bonds is 8. The van der Waals surface area contributed by atoms with E-state index in [-0.39, 0.29) is 10.8 Å². The summed E-state index contributed by atoms with van der Waals surface area (Å²) < 4.78 is 25.2. The minimum absolute atomic E-state index is 0.0857. The van der Waals surface area contributed by atoms with E-state index < -0.39 is 9.84 Å². The van der Waals surface area contributed by atoms with Gasteiger partial charge in [-0.15, -0.1) is 5.10 Å². The number of nitrogens with zero attached hydrogens (tertiary/aromatic N) is 6. The van der Waals surface area contributed by atoms with Crippen LogP contribution in [0.4, 0.5) is 0 Å². The van der Waals surface area contributed by atoms with Gasteiger partial charge in [0.1, 0.15) is 0 Å². The van der Waals surface area contributed by atoms with Crippen LogP contribution < -0.4 is 0 Å². The Labute approximate surface area is 200 Å². The third-order valence-electron chi connectivity index (χ3n) is 6.19. The summed E-state index contributed by atoms with van der Waals surface area (Å²) in [4.78, 5) is 17.4. The molecule has 0 unspecified atom stereocenters. The molecule has 4 rings (SSSR count). The van der Waals surface area contributed by atoms with Gasteiger partial charge in [-0.2, -0.15) is 4.68 Å². The molecule has 2 aromatic carbocycles. The number of tetrazole rings is 1. The van der Waals surface area contributed by atoms with Crippen molar-refractivity contribution in [2.45, 2.75) is 43.7 Å². The third-order valence-corrected chi connectivity index (χ3v) is 7.32. The number of likely N-dealkylation sites (tertiary alicyclic amines) is 1. The van der Waals surface area contributed by atoms with Crippen LogP contribution in [-0.2, 0) is 16.4 Å². The van der Waals surface area contributed by atoms with Crippen molar-refractivity contribution >= 4 is 15.7 Å². The Bertz CT molecular complexity index is 1200. The van der Waals surface area contributed by atoms with Crippen molar-refractivity contribution in [2.75, 3.05) is 25.9 Å². The van der Waals surface area contributed by atoms with Crippen LogP contribution in [0.25, 0.3) is 5.69 Å². The zero-order valence-electron chi connectivity index (χ0n) is 19.5. The second-order valence-electron chi connectivity index (χ2n) is 8.63. The van der Waals surface area contributed by atoms with Gasteiger partial charge in [-0.25, -0.2) is 8.42 Å². The molecule has 1 aliphatic heterocycles. The van der Waals surface area contributed by atoms with Crippen LogP contribution >= 0.6 is 0 Å². The molecule has 3 aromatic rings. The zero-order valence-corrected chi connectivity index (χ0v) is 20.4. The van der Waals surface area contributed by atoms with Gasteiger partial charge in [0.05, 0.1) is 17.1 Å². The van der Waals surface area contributed by atoms with E-state index in [1.54, 1.807) is 28.9 Å². The number of piperidine rings is 1. The fourth-order valence-corrected chi connectivity index (χ4v) is 5.03. The van der Waals surface area contributed by atoms with E-state index in [0.717, 1.165) is 44.5 Å². The van der Waals surface area contributed by atoms with Crippen molar-refractivity contribution in [2.24, 2.45) is 0 Å². The SMILES string of the molecule is CCCN(Cc1nnnn1-c1ccc(S(C)(=O)=O)cc1)C1CCN(C(=O)c2ccccc2)CC1. The highest BCUT2D eigenvalue weighted by Gasteiger charge is 2.28. The normalized spacial score (nSPS) is 15.1. The highest BCUT2D eigenvalue weighted by molar-refractivity contribution is 7.90. The van der Waals surface area contributed by atoms with Gasteiger partial charge >= 0.3 is 0 Å². The lowest BCUT2D eigenvalue weighted by molar-refractivity contribution is 0.0602. The lowest BCUT2D eigenvalue weighted by Gasteiger charge is -2.38. The molecular weight excluding hydrogens is 452 g/mol. The van der Waals surface area contributed by atoms with Crippen LogP contribution in [0.1, 0.15) is 42.4 Å². The number of carbonyl (C=O) groups is 1. The van der Waals surface area contributed by atoms with E-state index in [9.17, 15) is 13.2 Å². The van der Waals surface area contributed by atoms with Crippen molar-refractivity contribution in [3.05, 3.63) is 66.0 Å². The van der Waals surface area contributed by atoms with Gasteiger partial charge in [0.15, 0.2) is 15.7 Å². The maximum absolute atomic E-state index is 12.8. The Hall–Kier alpha value is -3.11. The minimum atomic E-state index is -3.26. The second-order valence-corrected chi connectivity index (χ2v) is 10.6. The van der Waals surface area contributed by atoms with E-state index >= 15 is 0 Å². The van der Waals surface area contributed by atoms with E-state index in [0.29, 0.717) is 24.1 Å². The number of benzene rings is 2. The largest absolute Gasteiger partial charge is 0.339 e. The number of amides is 1. The van der Waals surface area contributed by atoms with E-state index in [1.807, 2.05) is 35.2 Å². The Morgan fingerprint density at radius 1 is 1.06 bits per heavy atom. The molecule has 0 spiro atoms. The Morgan fingerprint density at radius 3 is 2.35 bits per heavy atom. The van der Waals surface area contributed by atoms with Crippen molar-refractivity contribution in [3.63, 3.8) is 0 Å². The van der Waals surface area contributed by atoms with Gasteiger partial charge in [-0.3, -0.25) is 9.69 Å². The molecule has 1 aromatic heterocycles. The van der Waals surface area contributed by atoms with Gasteiger partial charge in [0.2, 0.25) is 0 Å². The summed E-state index contributed by atoms with van der Waals surface area (Å²) in [5.74, 6) is 0.783. The summed E-state index contributed by atoms with van der Waals surface area (Å²) >= 11 is 0. The molecule has 0 bridgehead atoms. The standard InChI is InChI=1S/C24H30N6O3S/c1-3-15-29(20-13-16-28(17-14-20)24(31)19-7-5-4-6-8-19)18-23-25-26-27-30(23)21-9-11-22(12-10-21)34(2,32)33/h4-12,20H,3,13-18H2,1-2H3. The molecule has 2 heterocycles. The van der Waals surface area contributed by atoms with Gasteiger partial charge in [-0.1, -0.05) is 25.1 Å². The lowest BCUT2D eigenvalue weighted by atomic mass is 10.0. The number of hydrogen-bond donors (Lipinski definition) is 0. The molecule has 1 saturated heterocycles. The maximum Gasteiger partial charge on any atom is 0.253 e. The molecule has 1 aliphatic rings. The Kier molecular flexibility index (Phi) is 7.38.